The Morgan fingerprint density at radius 2 is 2.32 bits per heavy atom. The van der Waals surface area contributed by atoms with Crippen molar-refractivity contribution in [2.75, 3.05) is 20.1 Å². The van der Waals surface area contributed by atoms with Crippen LogP contribution in [0.3, 0.4) is 0 Å². The zero-order valence-corrected chi connectivity index (χ0v) is 15.2. The fourth-order valence-corrected chi connectivity index (χ4v) is 3.00. The first-order valence-corrected chi connectivity index (χ1v) is 7.24. The van der Waals surface area contributed by atoms with E-state index in [1.807, 2.05) is 12.6 Å². The second kappa shape index (κ2) is 6.88. The standard InChI is InChI=1S/C13H22N4S.HI/c1-10-11(18-9-16-10)7-15-12(14-4)17-6-5-13(2,3)8-17;/h9H,5-8H2,1-4H3,(H,14,15);1H. The first-order valence-electron chi connectivity index (χ1n) is 6.36. The van der Waals surface area contributed by atoms with E-state index >= 15 is 0 Å². The van der Waals surface area contributed by atoms with Gasteiger partial charge in [0.2, 0.25) is 0 Å². The van der Waals surface area contributed by atoms with Crippen molar-refractivity contribution in [3.63, 3.8) is 0 Å². The molecule has 4 nitrogen and oxygen atoms in total. The fraction of sp³-hybridized carbons (Fsp3) is 0.692. The molecule has 6 heteroatoms. The molecule has 0 saturated carbocycles. The molecule has 1 aromatic heterocycles. The van der Waals surface area contributed by atoms with Gasteiger partial charge in [0.1, 0.15) is 0 Å². The largest absolute Gasteiger partial charge is 0.351 e. The molecule has 0 aromatic carbocycles. The summed E-state index contributed by atoms with van der Waals surface area (Å²) in [6.45, 7) is 9.67. The maximum Gasteiger partial charge on any atom is 0.193 e. The van der Waals surface area contributed by atoms with E-state index in [1.165, 1.54) is 11.3 Å². The van der Waals surface area contributed by atoms with Crippen LogP contribution in [0.2, 0.25) is 0 Å². The normalized spacial score (nSPS) is 18.3. The minimum Gasteiger partial charge on any atom is -0.351 e. The smallest absolute Gasteiger partial charge is 0.193 e. The zero-order chi connectivity index (χ0) is 13.2. The lowest BCUT2D eigenvalue weighted by molar-refractivity contribution is 0.370. The van der Waals surface area contributed by atoms with Crippen LogP contribution in [-0.2, 0) is 6.54 Å². The Morgan fingerprint density at radius 3 is 2.79 bits per heavy atom. The number of aryl methyl sites for hydroxylation is 1. The molecule has 0 radical (unpaired) electrons. The van der Waals surface area contributed by atoms with Crippen LogP contribution in [-0.4, -0.2) is 36.0 Å². The summed E-state index contributed by atoms with van der Waals surface area (Å²) in [5.41, 5.74) is 3.41. The zero-order valence-electron chi connectivity index (χ0n) is 12.1. The number of halogens is 1. The fourth-order valence-electron chi connectivity index (χ4n) is 2.28. The van der Waals surface area contributed by atoms with E-state index in [4.69, 9.17) is 0 Å². The van der Waals surface area contributed by atoms with Crippen molar-refractivity contribution >= 4 is 41.3 Å². The van der Waals surface area contributed by atoms with Crippen molar-refractivity contribution in [3.05, 3.63) is 16.1 Å². The van der Waals surface area contributed by atoms with Crippen molar-refractivity contribution in [2.24, 2.45) is 10.4 Å². The first-order chi connectivity index (χ1) is 8.52. The number of aliphatic imine (C=N–C) groups is 1. The van der Waals surface area contributed by atoms with Gasteiger partial charge in [-0.15, -0.1) is 35.3 Å². The van der Waals surface area contributed by atoms with Crippen molar-refractivity contribution < 1.29 is 0 Å². The SMILES string of the molecule is CN=C(NCc1scnc1C)N1CCC(C)(C)C1.I. The lowest BCUT2D eigenvalue weighted by atomic mass is 9.93. The van der Waals surface area contributed by atoms with Gasteiger partial charge in [0, 0.05) is 25.0 Å². The number of hydrogen-bond donors (Lipinski definition) is 1. The van der Waals surface area contributed by atoms with Crippen LogP contribution in [0.4, 0.5) is 0 Å². The van der Waals surface area contributed by atoms with Gasteiger partial charge in [-0.3, -0.25) is 4.99 Å². The summed E-state index contributed by atoms with van der Waals surface area (Å²) < 4.78 is 0. The second-order valence-electron chi connectivity index (χ2n) is 5.60. The summed E-state index contributed by atoms with van der Waals surface area (Å²) in [4.78, 5) is 12.3. The monoisotopic (exact) mass is 394 g/mol. The topological polar surface area (TPSA) is 40.5 Å². The number of likely N-dealkylation sites (tertiary alicyclic amines) is 1. The predicted molar refractivity (Wildman–Crippen MR) is 92.4 cm³/mol. The van der Waals surface area contributed by atoms with Crippen molar-refractivity contribution in [1.29, 1.82) is 0 Å². The van der Waals surface area contributed by atoms with Crippen molar-refractivity contribution in [1.82, 2.24) is 15.2 Å². The third-order valence-corrected chi connectivity index (χ3v) is 4.38. The molecule has 108 valence electrons. The van der Waals surface area contributed by atoms with E-state index in [2.05, 4.69) is 41.0 Å². The Hall–Kier alpha value is -0.370. The van der Waals surface area contributed by atoms with Crippen LogP contribution in [0.1, 0.15) is 30.8 Å². The van der Waals surface area contributed by atoms with Crippen molar-refractivity contribution in [2.45, 2.75) is 33.7 Å². The molecular weight excluding hydrogens is 371 g/mol. The number of rotatable bonds is 2. The Kier molecular flexibility index (Phi) is 6.04. The van der Waals surface area contributed by atoms with Gasteiger partial charge >= 0.3 is 0 Å². The number of aromatic nitrogens is 1. The van der Waals surface area contributed by atoms with E-state index in [0.717, 1.165) is 31.3 Å². The Balaban J connectivity index is 0.00000180. The summed E-state index contributed by atoms with van der Waals surface area (Å²) in [6, 6.07) is 0. The van der Waals surface area contributed by atoms with Gasteiger partial charge in [0.05, 0.1) is 17.7 Å². The highest BCUT2D eigenvalue weighted by molar-refractivity contribution is 14.0. The average molecular weight is 394 g/mol. The number of nitrogens with one attached hydrogen (secondary N) is 1. The van der Waals surface area contributed by atoms with E-state index in [-0.39, 0.29) is 24.0 Å². The quantitative estimate of drug-likeness (QED) is 0.477. The molecule has 0 atom stereocenters. The summed E-state index contributed by atoms with van der Waals surface area (Å²) in [5, 5.41) is 3.44. The predicted octanol–water partition coefficient (Wildman–Crippen LogP) is 2.88. The van der Waals surface area contributed by atoms with Gasteiger partial charge in [0.25, 0.3) is 0 Å². The minimum absolute atomic E-state index is 0. The average Bonchev–Trinajstić information content (AvgIpc) is 2.87. The first kappa shape index (κ1) is 16.7. The Labute approximate surface area is 136 Å². The van der Waals surface area contributed by atoms with E-state index in [1.54, 1.807) is 11.3 Å². The molecule has 1 aliphatic rings. The number of nitrogens with zero attached hydrogens (tertiary/aromatic N) is 3. The number of thiazole rings is 1. The molecule has 0 bridgehead atoms. The van der Waals surface area contributed by atoms with Gasteiger partial charge in [-0.1, -0.05) is 13.8 Å². The van der Waals surface area contributed by atoms with Gasteiger partial charge < -0.3 is 10.2 Å². The lowest BCUT2D eigenvalue weighted by Gasteiger charge is -2.23. The molecule has 1 N–H and O–H groups in total. The molecule has 0 amide bonds. The molecule has 2 rings (SSSR count). The maximum atomic E-state index is 4.38. The highest BCUT2D eigenvalue weighted by Crippen LogP contribution is 2.28. The molecule has 1 fully saturated rings. The van der Waals surface area contributed by atoms with Crippen LogP contribution >= 0.6 is 35.3 Å². The third kappa shape index (κ3) is 4.30. The third-order valence-electron chi connectivity index (χ3n) is 3.44. The van der Waals surface area contributed by atoms with Gasteiger partial charge in [-0.05, 0) is 18.8 Å². The molecule has 1 aliphatic heterocycles. The van der Waals surface area contributed by atoms with E-state index in [0.29, 0.717) is 5.41 Å². The van der Waals surface area contributed by atoms with Crippen LogP contribution in [0.25, 0.3) is 0 Å². The van der Waals surface area contributed by atoms with Gasteiger partial charge in [0.15, 0.2) is 5.96 Å². The summed E-state index contributed by atoms with van der Waals surface area (Å²) >= 11 is 1.70. The highest BCUT2D eigenvalue weighted by atomic mass is 127. The molecule has 0 spiro atoms. The Morgan fingerprint density at radius 1 is 1.58 bits per heavy atom. The van der Waals surface area contributed by atoms with Crippen molar-refractivity contribution in [3.8, 4) is 0 Å². The Bertz CT molecular complexity index is 442. The molecule has 1 saturated heterocycles. The molecule has 1 aromatic rings. The van der Waals surface area contributed by atoms with E-state index in [9.17, 15) is 0 Å². The van der Waals surface area contributed by atoms with Gasteiger partial charge in [-0.2, -0.15) is 0 Å². The minimum atomic E-state index is 0. The molecule has 19 heavy (non-hydrogen) atoms. The van der Waals surface area contributed by atoms with Crippen LogP contribution in [0, 0.1) is 12.3 Å². The summed E-state index contributed by atoms with van der Waals surface area (Å²) in [5.74, 6) is 1.01. The van der Waals surface area contributed by atoms with Crippen LogP contribution in [0.5, 0.6) is 0 Å². The molecular formula is C13H23IN4S. The molecule has 0 unspecified atom stereocenters. The highest BCUT2D eigenvalue weighted by Gasteiger charge is 2.30. The number of hydrogen-bond acceptors (Lipinski definition) is 3. The maximum absolute atomic E-state index is 4.38. The van der Waals surface area contributed by atoms with Crippen LogP contribution < -0.4 is 5.32 Å². The number of guanidine groups is 1. The second-order valence-corrected chi connectivity index (χ2v) is 6.54. The van der Waals surface area contributed by atoms with E-state index < -0.39 is 0 Å². The summed E-state index contributed by atoms with van der Waals surface area (Å²) in [6.07, 6.45) is 1.23. The molecule has 2 heterocycles. The summed E-state index contributed by atoms with van der Waals surface area (Å²) in [7, 11) is 1.85. The van der Waals surface area contributed by atoms with Crippen LogP contribution in [0.15, 0.2) is 10.5 Å². The van der Waals surface area contributed by atoms with Gasteiger partial charge in [-0.25, -0.2) is 4.98 Å². The lowest BCUT2D eigenvalue weighted by Crippen LogP contribution is -2.40. The molecule has 0 aliphatic carbocycles.